The summed E-state index contributed by atoms with van der Waals surface area (Å²) in [5.74, 6) is -0.444. The number of hydrogen-bond donors (Lipinski definition) is 4. The van der Waals surface area contributed by atoms with Gasteiger partial charge in [0.2, 0.25) is 0 Å². The summed E-state index contributed by atoms with van der Waals surface area (Å²) in [7, 11) is 3.16. The Labute approximate surface area is 376 Å². The van der Waals surface area contributed by atoms with Crippen molar-refractivity contribution in [2.75, 3.05) is 50.2 Å². The molecule has 8 heterocycles. The largest absolute Gasteiger partial charge is 0.389 e. The number of methoxy groups -OCH3 is 2. The Morgan fingerprint density at radius 1 is 0.667 bits per heavy atom. The number of aromatic nitrogens is 6. The van der Waals surface area contributed by atoms with E-state index in [-0.39, 0.29) is 70.8 Å². The lowest BCUT2D eigenvalue weighted by Gasteiger charge is -2.35. The van der Waals surface area contributed by atoms with Gasteiger partial charge in [-0.3, -0.25) is 9.59 Å². The molecule has 2 saturated heterocycles. The summed E-state index contributed by atoms with van der Waals surface area (Å²) in [5, 5.41) is 54.3. The van der Waals surface area contributed by atoms with Crippen LogP contribution >= 0.6 is 0 Å². The Hall–Kier alpha value is -7.62. The molecular formula is C46H42F2N12O6. The molecule has 0 bridgehead atoms. The second-order valence-electron chi connectivity index (χ2n) is 16.0. The van der Waals surface area contributed by atoms with Crippen molar-refractivity contribution in [3.05, 3.63) is 118 Å². The van der Waals surface area contributed by atoms with Crippen molar-refractivity contribution in [2.45, 2.75) is 50.3 Å². The molecule has 6 aromatic rings. The maximum absolute atomic E-state index is 14.7. The number of amides is 2. The van der Waals surface area contributed by atoms with Gasteiger partial charge in [0, 0.05) is 64.9 Å². The SMILES string of the molecule is CO[C@@H]1CCN(c2ccn(-c3cc(-c4c(F)cccc4C#N)nc4c3C(=O)NC4)n2)C[C@H]1O.CO[C@@H]1CCN(c2ccn(-c3cc(-c4c(F)cccc4C#N)nc4c3C(=O)NC4)n2)C[C@H]1O. The number of nitriles is 2. The van der Waals surface area contributed by atoms with E-state index in [2.05, 4.69) is 30.8 Å². The third kappa shape index (κ3) is 8.07. The molecule has 2 amide bonds. The number of carbonyl (C=O) groups excluding carboxylic acids is 2. The molecular weight excluding hydrogens is 855 g/mol. The molecule has 0 unspecified atom stereocenters. The minimum absolute atomic E-state index is 0.0838. The molecule has 336 valence electrons. The summed E-state index contributed by atoms with van der Waals surface area (Å²) in [6.07, 6.45) is 3.03. The fourth-order valence-corrected chi connectivity index (χ4v) is 8.81. The number of aliphatic hydroxyl groups is 2. The number of ether oxygens (including phenoxy) is 2. The highest BCUT2D eigenvalue weighted by Crippen LogP contribution is 2.34. The Morgan fingerprint density at radius 2 is 1.09 bits per heavy atom. The first-order valence-electron chi connectivity index (χ1n) is 21.1. The zero-order chi connectivity index (χ0) is 46.2. The lowest BCUT2D eigenvalue weighted by molar-refractivity contribution is -0.0218. The van der Waals surface area contributed by atoms with Crippen LogP contribution in [0.5, 0.6) is 0 Å². The predicted octanol–water partition coefficient (Wildman–Crippen LogP) is 3.55. The summed E-state index contributed by atoms with van der Waals surface area (Å²) in [5.41, 5.74) is 3.52. The first kappa shape index (κ1) is 43.6. The molecule has 10 rings (SSSR count). The molecule has 0 spiro atoms. The topological polar surface area (TPSA) is 233 Å². The lowest BCUT2D eigenvalue weighted by atomic mass is 10.0. The second kappa shape index (κ2) is 18.1. The van der Waals surface area contributed by atoms with Gasteiger partial charge >= 0.3 is 0 Å². The molecule has 0 saturated carbocycles. The highest BCUT2D eigenvalue weighted by molar-refractivity contribution is 6.02. The standard InChI is InChI=1S/2C23H21FN6O3/c2*1-33-19-5-7-29(12-18(19)31)20-6-8-30(28-20)17-9-15(27-16-11-26-23(32)22(16)17)21-13(10-25)3-2-4-14(21)24/h2*2-4,6,8-9,18-19,31H,5,7,11-12H2,1H3,(H,26,32)/t2*18-,19-/m11/s1. The van der Waals surface area contributed by atoms with Crippen LogP contribution in [0.25, 0.3) is 33.9 Å². The molecule has 4 aliphatic heterocycles. The molecule has 4 atom stereocenters. The Kier molecular flexibility index (Phi) is 12.0. The van der Waals surface area contributed by atoms with Gasteiger partial charge in [-0.1, -0.05) is 12.1 Å². The number of piperidine rings is 2. The summed E-state index contributed by atoms with van der Waals surface area (Å²) >= 11 is 0. The van der Waals surface area contributed by atoms with Gasteiger partial charge in [-0.25, -0.2) is 28.1 Å². The van der Waals surface area contributed by atoms with Crippen LogP contribution in [0.4, 0.5) is 20.4 Å². The number of halogens is 2. The number of nitrogens with one attached hydrogen (secondary N) is 2. The van der Waals surface area contributed by atoms with Gasteiger partial charge < -0.3 is 40.1 Å². The predicted molar refractivity (Wildman–Crippen MR) is 233 cm³/mol. The van der Waals surface area contributed by atoms with E-state index in [1.54, 1.807) is 60.2 Å². The molecule has 20 heteroatoms. The molecule has 18 nitrogen and oxygen atoms in total. The van der Waals surface area contributed by atoms with Gasteiger partial charge in [-0.15, -0.1) is 0 Å². The van der Waals surface area contributed by atoms with E-state index in [4.69, 9.17) is 9.47 Å². The molecule has 4 aromatic heterocycles. The molecule has 0 radical (unpaired) electrons. The van der Waals surface area contributed by atoms with Crippen LogP contribution in [-0.2, 0) is 22.6 Å². The van der Waals surface area contributed by atoms with E-state index < -0.39 is 23.8 Å². The number of fused-ring (bicyclic) bond motifs is 2. The maximum Gasteiger partial charge on any atom is 0.255 e. The average molecular weight is 897 g/mol. The molecule has 4 N–H and O–H groups in total. The molecule has 0 aliphatic carbocycles. The highest BCUT2D eigenvalue weighted by Gasteiger charge is 2.33. The van der Waals surface area contributed by atoms with E-state index in [0.717, 1.165) is 0 Å². The van der Waals surface area contributed by atoms with Crippen LogP contribution in [0.1, 0.15) is 56.1 Å². The maximum atomic E-state index is 14.7. The summed E-state index contributed by atoms with van der Waals surface area (Å²) < 4.78 is 43.1. The smallest absolute Gasteiger partial charge is 0.255 e. The molecule has 2 aromatic carbocycles. The highest BCUT2D eigenvalue weighted by atomic mass is 19.1. The third-order valence-corrected chi connectivity index (χ3v) is 12.2. The number of anilines is 2. The molecule has 4 aliphatic rings. The van der Waals surface area contributed by atoms with E-state index in [1.807, 2.05) is 21.9 Å². The van der Waals surface area contributed by atoms with Crippen molar-refractivity contribution in [3.63, 3.8) is 0 Å². The number of carbonyl (C=O) groups is 2. The van der Waals surface area contributed by atoms with Gasteiger partial charge in [0.15, 0.2) is 11.6 Å². The van der Waals surface area contributed by atoms with Gasteiger partial charge in [0.25, 0.3) is 11.8 Å². The van der Waals surface area contributed by atoms with Crippen molar-refractivity contribution in [2.24, 2.45) is 0 Å². The van der Waals surface area contributed by atoms with Crippen LogP contribution in [-0.4, -0.2) is 116 Å². The van der Waals surface area contributed by atoms with Crippen molar-refractivity contribution < 1.29 is 38.1 Å². The number of hydrogen-bond acceptors (Lipinski definition) is 14. The fraction of sp³-hybridized carbons (Fsp3) is 0.304. The van der Waals surface area contributed by atoms with Crippen LogP contribution in [0, 0.1) is 34.3 Å². The summed E-state index contributed by atoms with van der Waals surface area (Å²) in [6, 6.07) is 19.3. The van der Waals surface area contributed by atoms with Gasteiger partial charge in [0.05, 0.1) is 117 Å². The quantitative estimate of drug-likeness (QED) is 0.171. The van der Waals surface area contributed by atoms with E-state index in [1.165, 1.54) is 36.4 Å². The van der Waals surface area contributed by atoms with Crippen molar-refractivity contribution >= 4 is 23.5 Å². The van der Waals surface area contributed by atoms with Crippen molar-refractivity contribution in [3.8, 4) is 46.0 Å². The number of pyridine rings is 2. The van der Waals surface area contributed by atoms with Crippen LogP contribution in [0.15, 0.2) is 73.1 Å². The van der Waals surface area contributed by atoms with Crippen LogP contribution in [0.2, 0.25) is 0 Å². The Morgan fingerprint density at radius 3 is 1.47 bits per heavy atom. The second-order valence-corrected chi connectivity index (χ2v) is 16.0. The lowest BCUT2D eigenvalue weighted by Crippen LogP contribution is -2.47. The number of rotatable bonds is 8. The Balaban J connectivity index is 0.000000166. The molecule has 66 heavy (non-hydrogen) atoms. The minimum Gasteiger partial charge on any atom is -0.389 e. The summed E-state index contributed by atoms with van der Waals surface area (Å²) in [4.78, 5) is 37.9. The normalized spacial score (nSPS) is 19.8. The van der Waals surface area contributed by atoms with Crippen molar-refractivity contribution in [1.29, 1.82) is 10.5 Å². The Bertz CT molecular complexity index is 2760. The number of β-amino-alcohol motifs (C(OH)–C–C–N with tert-alkyl or cyclic N) is 2. The number of aliphatic hydroxyl groups excluding tert-OH is 2. The average Bonchev–Trinajstić information content (AvgIpc) is 4.16. The van der Waals surface area contributed by atoms with Crippen LogP contribution < -0.4 is 20.4 Å². The number of nitrogens with zero attached hydrogens (tertiary/aromatic N) is 10. The van der Waals surface area contributed by atoms with E-state index >= 15 is 0 Å². The van der Waals surface area contributed by atoms with E-state index in [9.17, 15) is 39.1 Å². The fourth-order valence-electron chi connectivity index (χ4n) is 8.81. The summed E-state index contributed by atoms with van der Waals surface area (Å²) in [6.45, 7) is 2.47. The van der Waals surface area contributed by atoms with Gasteiger partial charge in [-0.2, -0.15) is 20.7 Å². The zero-order valence-electron chi connectivity index (χ0n) is 35.6. The molecule has 2 fully saturated rings. The first-order chi connectivity index (χ1) is 32.0. The van der Waals surface area contributed by atoms with Crippen molar-refractivity contribution in [1.82, 2.24) is 40.2 Å². The first-order valence-corrected chi connectivity index (χ1v) is 21.1. The monoisotopic (exact) mass is 896 g/mol. The van der Waals surface area contributed by atoms with Gasteiger partial charge in [-0.05, 0) is 49.2 Å². The van der Waals surface area contributed by atoms with E-state index in [0.29, 0.717) is 84.5 Å². The number of benzene rings is 2. The minimum atomic E-state index is -0.637. The third-order valence-electron chi connectivity index (χ3n) is 12.2. The van der Waals surface area contributed by atoms with Crippen LogP contribution in [0.3, 0.4) is 0 Å². The zero-order valence-corrected chi connectivity index (χ0v) is 35.6. The van der Waals surface area contributed by atoms with Gasteiger partial charge in [0.1, 0.15) is 11.6 Å².